The van der Waals surface area contributed by atoms with Gasteiger partial charge >= 0.3 is 5.97 Å². The molecule has 0 bridgehead atoms. The van der Waals surface area contributed by atoms with Gasteiger partial charge in [0.2, 0.25) is 0 Å². The molecule has 1 aliphatic rings. The van der Waals surface area contributed by atoms with Gasteiger partial charge in [-0.05, 0) is 13.3 Å². The fourth-order valence-electron chi connectivity index (χ4n) is 2.37. The lowest BCUT2D eigenvalue weighted by molar-refractivity contribution is -0.139. The van der Waals surface area contributed by atoms with Crippen LogP contribution >= 0.6 is 0 Å². The number of ether oxygens (including phenoxy) is 1. The molecule has 1 atom stereocenters. The third-order valence-corrected chi connectivity index (χ3v) is 3.38. The number of morpholine rings is 1. The Labute approximate surface area is 116 Å². The highest BCUT2D eigenvalue weighted by Gasteiger charge is 2.32. The van der Waals surface area contributed by atoms with Crippen molar-refractivity contribution in [3.63, 3.8) is 0 Å². The molecule has 1 amide bonds. The third-order valence-electron chi connectivity index (χ3n) is 3.38. The van der Waals surface area contributed by atoms with Crippen LogP contribution in [0.5, 0.6) is 0 Å². The highest BCUT2D eigenvalue weighted by atomic mass is 16.5. The van der Waals surface area contributed by atoms with Crippen molar-refractivity contribution in [1.29, 1.82) is 0 Å². The summed E-state index contributed by atoms with van der Waals surface area (Å²) >= 11 is 0. The molecule has 1 aromatic rings. The van der Waals surface area contributed by atoms with Gasteiger partial charge in [0.25, 0.3) is 5.91 Å². The molecule has 1 N–H and O–H groups in total. The first kappa shape index (κ1) is 14.5. The van der Waals surface area contributed by atoms with E-state index in [4.69, 9.17) is 14.4 Å². The normalized spacial score (nSPS) is 19.1. The highest BCUT2D eigenvalue weighted by Crippen LogP contribution is 2.20. The van der Waals surface area contributed by atoms with E-state index in [0.717, 1.165) is 0 Å². The molecule has 2 heterocycles. The lowest BCUT2D eigenvalue weighted by Crippen LogP contribution is -2.49. The van der Waals surface area contributed by atoms with E-state index < -0.39 is 12.0 Å². The Balaban J connectivity index is 2.25. The average molecular weight is 282 g/mol. The molecule has 0 spiro atoms. The Bertz CT molecular complexity index is 511. The quantitative estimate of drug-likeness (QED) is 0.880. The second-order valence-corrected chi connectivity index (χ2v) is 4.74. The number of amides is 1. The van der Waals surface area contributed by atoms with Crippen LogP contribution in [0.2, 0.25) is 0 Å². The van der Waals surface area contributed by atoms with Crippen molar-refractivity contribution in [3.05, 3.63) is 17.0 Å². The van der Waals surface area contributed by atoms with Crippen LogP contribution in [-0.2, 0) is 16.0 Å². The van der Waals surface area contributed by atoms with Crippen LogP contribution < -0.4 is 0 Å². The van der Waals surface area contributed by atoms with Crippen molar-refractivity contribution in [3.8, 4) is 0 Å². The molecule has 0 aromatic carbocycles. The largest absolute Gasteiger partial charge is 0.481 e. The number of aryl methyl sites for hydroxylation is 2. The van der Waals surface area contributed by atoms with Gasteiger partial charge in [0, 0.05) is 6.54 Å². The first-order chi connectivity index (χ1) is 9.54. The van der Waals surface area contributed by atoms with Gasteiger partial charge in [-0.25, -0.2) is 0 Å². The van der Waals surface area contributed by atoms with Crippen LogP contribution in [0, 0.1) is 6.92 Å². The van der Waals surface area contributed by atoms with Gasteiger partial charge in [-0.3, -0.25) is 9.59 Å². The molecule has 0 radical (unpaired) electrons. The number of carboxylic acid groups (broad SMARTS) is 1. The van der Waals surface area contributed by atoms with Crippen molar-refractivity contribution in [2.75, 3.05) is 19.8 Å². The number of aliphatic carboxylic acids is 1. The number of nitrogens with zero attached hydrogens (tertiary/aromatic N) is 2. The molecule has 1 aromatic heterocycles. The maximum absolute atomic E-state index is 12.6. The van der Waals surface area contributed by atoms with Gasteiger partial charge in [-0.2, -0.15) is 0 Å². The number of carbonyl (C=O) groups excluding carboxylic acids is 1. The zero-order valence-electron chi connectivity index (χ0n) is 11.6. The molecule has 20 heavy (non-hydrogen) atoms. The van der Waals surface area contributed by atoms with E-state index in [1.54, 1.807) is 11.8 Å². The molecule has 0 aliphatic carbocycles. The Morgan fingerprint density at radius 1 is 1.50 bits per heavy atom. The molecular formula is C13H18N2O5. The first-order valence-corrected chi connectivity index (χ1v) is 6.60. The van der Waals surface area contributed by atoms with Gasteiger partial charge in [-0.1, -0.05) is 12.1 Å². The summed E-state index contributed by atoms with van der Waals surface area (Å²) in [6.45, 7) is 4.61. The van der Waals surface area contributed by atoms with Crippen molar-refractivity contribution < 1.29 is 24.0 Å². The highest BCUT2D eigenvalue weighted by molar-refractivity contribution is 5.96. The van der Waals surface area contributed by atoms with Crippen molar-refractivity contribution >= 4 is 11.9 Å². The molecular weight excluding hydrogens is 264 g/mol. The summed E-state index contributed by atoms with van der Waals surface area (Å²) in [5.41, 5.74) is 1.05. The third kappa shape index (κ3) is 2.82. The van der Waals surface area contributed by atoms with E-state index in [-0.39, 0.29) is 18.9 Å². The fraction of sp³-hybridized carbons (Fsp3) is 0.615. The van der Waals surface area contributed by atoms with Crippen LogP contribution in [0.3, 0.4) is 0 Å². The Kier molecular flexibility index (Phi) is 4.39. The van der Waals surface area contributed by atoms with Crippen LogP contribution in [0.4, 0.5) is 0 Å². The predicted octanol–water partition coefficient (Wildman–Crippen LogP) is 0.861. The molecule has 0 saturated carbocycles. The molecule has 7 nitrogen and oxygen atoms in total. The molecule has 1 fully saturated rings. The monoisotopic (exact) mass is 282 g/mol. The Morgan fingerprint density at radius 2 is 2.25 bits per heavy atom. The maximum Gasteiger partial charge on any atom is 0.305 e. The summed E-state index contributed by atoms with van der Waals surface area (Å²) in [7, 11) is 0. The Morgan fingerprint density at radius 3 is 2.90 bits per heavy atom. The molecule has 110 valence electrons. The molecule has 2 rings (SSSR count). The Hall–Kier alpha value is -1.89. The van der Waals surface area contributed by atoms with E-state index in [2.05, 4.69) is 5.16 Å². The number of rotatable bonds is 4. The summed E-state index contributed by atoms with van der Waals surface area (Å²) < 4.78 is 10.3. The van der Waals surface area contributed by atoms with Gasteiger partial charge in [-0.15, -0.1) is 0 Å². The topological polar surface area (TPSA) is 92.9 Å². The van der Waals surface area contributed by atoms with E-state index >= 15 is 0 Å². The lowest BCUT2D eigenvalue weighted by atomic mass is 10.1. The van der Waals surface area contributed by atoms with E-state index in [9.17, 15) is 9.59 Å². The molecule has 1 saturated heterocycles. The minimum Gasteiger partial charge on any atom is -0.481 e. The number of carbonyl (C=O) groups is 2. The van der Waals surface area contributed by atoms with Gasteiger partial charge in [0.05, 0.1) is 31.4 Å². The summed E-state index contributed by atoms with van der Waals surface area (Å²) in [5.74, 6) is -0.710. The zero-order valence-corrected chi connectivity index (χ0v) is 11.6. The van der Waals surface area contributed by atoms with E-state index in [1.807, 2.05) is 6.92 Å². The second kappa shape index (κ2) is 6.04. The number of carboxylic acids is 1. The fourth-order valence-corrected chi connectivity index (χ4v) is 2.37. The molecule has 1 aliphatic heterocycles. The van der Waals surface area contributed by atoms with Crippen LogP contribution in [0.25, 0.3) is 0 Å². The summed E-state index contributed by atoms with van der Waals surface area (Å²) in [6.07, 6.45) is 0.462. The van der Waals surface area contributed by atoms with Crippen LogP contribution in [-0.4, -0.2) is 52.8 Å². The minimum absolute atomic E-state index is 0.127. The minimum atomic E-state index is -0.948. The predicted molar refractivity (Wildman–Crippen MR) is 68.5 cm³/mol. The SMILES string of the molecule is CCc1noc(C)c1C(=O)N1CCOCC1CC(=O)O. The molecule has 1 unspecified atom stereocenters. The number of hydrogen-bond acceptors (Lipinski definition) is 5. The molecule has 7 heteroatoms. The van der Waals surface area contributed by atoms with Gasteiger partial charge in [0.1, 0.15) is 11.3 Å². The smallest absolute Gasteiger partial charge is 0.305 e. The second-order valence-electron chi connectivity index (χ2n) is 4.74. The maximum atomic E-state index is 12.6. The summed E-state index contributed by atoms with van der Waals surface area (Å²) in [6, 6.07) is -0.451. The van der Waals surface area contributed by atoms with Crippen molar-refractivity contribution in [1.82, 2.24) is 10.1 Å². The average Bonchev–Trinajstić information content (AvgIpc) is 2.79. The van der Waals surface area contributed by atoms with Crippen molar-refractivity contribution in [2.45, 2.75) is 32.7 Å². The van der Waals surface area contributed by atoms with Gasteiger partial charge < -0.3 is 19.3 Å². The van der Waals surface area contributed by atoms with Gasteiger partial charge in [0.15, 0.2) is 0 Å². The van der Waals surface area contributed by atoms with Crippen LogP contribution in [0.15, 0.2) is 4.52 Å². The van der Waals surface area contributed by atoms with E-state index in [1.165, 1.54) is 0 Å². The number of hydrogen-bond donors (Lipinski definition) is 1. The summed E-state index contributed by atoms with van der Waals surface area (Å²) in [4.78, 5) is 25.1. The number of aromatic nitrogens is 1. The van der Waals surface area contributed by atoms with Crippen LogP contribution in [0.1, 0.15) is 35.2 Å². The van der Waals surface area contributed by atoms with Crippen molar-refractivity contribution in [2.24, 2.45) is 0 Å². The standard InChI is InChI=1S/C13H18N2O5/c1-3-10-12(8(2)20-14-10)13(18)15-4-5-19-7-9(15)6-11(16)17/h9H,3-7H2,1-2H3,(H,16,17). The van der Waals surface area contributed by atoms with E-state index in [0.29, 0.717) is 36.6 Å². The first-order valence-electron chi connectivity index (χ1n) is 6.60. The summed E-state index contributed by atoms with van der Waals surface area (Å²) in [5, 5.41) is 12.8. The zero-order chi connectivity index (χ0) is 14.7. The lowest BCUT2D eigenvalue weighted by Gasteiger charge is -2.34.